The van der Waals surface area contributed by atoms with Gasteiger partial charge in [-0.1, -0.05) is 18.2 Å². The van der Waals surface area contributed by atoms with E-state index in [0.717, 1.165) is 0 Å². The largest absolute Gasteiger partial charge is 0.355 e. The average molecular weight is 278 g/mol. The number of hydrogen-bond donors (Lipinski definition) is 1. The third-order valence-electron chi connectivity index (χ3n) is 3.62. The van der Waals surface area contributed by atoms with Gasteiger partial charge in [0.25, 0.3) is 0 Å². The molecule has 4 nitrogen and oxygen atoms in total. The van der Waals surface area contributed by atoms with Gasteiger partial charge in [-0.2, -0.15) is 0 Å². The van der Waals surface area contributed by atoms with E-state index in [9.17, 15) is 14.0 Å². The van der Waals surface area contributed by atoms with Crippen LogP contribution in [0.15, 0.2) is 24.3 Å². The zero-order valence-electron chi connectivity index (χ0n) is 11.6. The molecule has 1 N–H and O–H groups in total. The molecule has 1 saturated heterocycles. The summed E-state index contributed by atoms with van der Waals surface area (Å²) in [7, 11) is 0. The van der Waals surface area contributed by atoms with Crippen molar-refractivity contribution < 1.29 is 14.0 Å². The molecule has 0 aromatic heterocycles. The number of hydrogen-bond acceptors (Lipinski definition) is 2. The van der Waals surface area contributed by atoms with Crippen LogP contribution in [0.2, 0.25) is 0 Å². The van der Waals surface area contributed by atoms with E-state index >= 15 is 0 Å². The Kier molecular flexibility index (Phi) is 4.71. The van der Waals surface area contributed by atoms with Crippen LogP contribution in [0.25, 0.3) is 0 Å². The van der Waals surface area contributed by atoms with Gasteiger partial charge >= 0.3 is 0 Å². The van der Waals surface area contributed by atoms with Gasteiger partial charge in [0.2, 0.25) is 11.8 Å². The van der Waals surface area contributed by atoms with Crippen molar-refractivity contribution in [1.29, 1.82) is 0 Å². The molecule has 0 radical (unpaired) electrons. The van der Waals surface area contributed by atoms with E-state index in [0.29, 0.717) is 31.6 Å². The first-order valence-electron chi connectivity index (χ1n) is 6.90. The molecule has 1 aliphatic rings. The van der Waals surface area contributed by atoms with E-state index in [-0.39, 0.29) is 30.0 Å². The van der Waals surface area contributed by atoms with Crippen LogP contribution < -0.4 is 5.32 Å². The molecule has 108 valence electrons. The van der Waals surface area contributed by atoms with Crippen LogP contribution in [-0.4, -0.2) is 36.3 Å². The summed E-state index contributed by atoms with van der Waals surface area (Å²) >= 11 is 0. The third-order valence-corrected chi connectivity index (χ3v) is 3.62. The molecular weight excluding hydrogens is 259 g/mol. The third kappa shape index (κ3) is 3.35. The maximum atomic E-state index is 13.4. The summed E-state index contributed by atoms with van der Waals surface area (Å²) in [5.41, 5.74) is 0.588. The molecule has 0 spiro atoms. The van der Waals surface area contributed by atoms with Gasteiger partial charge in [0.05, 0.1) is 5.92 Å². The number of amides is 2. The minimum atomic E-state index is -0.275. The van der Waals surface area contributed by atoms with Gasteiger partial charge in [0.15, 0.2) is 0 Å². The number of halogens is 1. The molecule has 0 bridgehead atoms. The molecule has 20 heavy (non-hydrogen) atoms. The molecule has 1 atom stereocenters. The molecule has 0 saturated carbocycles. The Labute approximate surface area is 118 Å². The molecule has 2 amide bonds. The monoisotopic (exact) mass is 278 g/mol. The number of carbonyl (C=O) groups excluding carboxylic acids is 2. The lowest BCUT2D eigenvalue weighted by molar-refractivity contribution is -0.128. The summed E-state index contributed by atoms with van der Waals surface area (Å²) in [5.74, 6) is -0.620. The van der Waals surface area contributed by atoms with E-state index in [4.69, 9.17) is 0 Å². The van der Waals surface area contributed by atoms with Crippen molar-refractivity contribution in [2.24, 2.45) is 5.92 Å². The molecule has 1 aromatic rings. The minimum Gasteiger partial charge on any atom is -0.355 e. The molecule has 5 heteroatoms. The Hall–Kier alpha value is -1.91. The highest BCUT2D eigenvalue weighted by molar-refractivity contribution is 5.89. The standard InChI is InChI=1S/C15H19FN2O2/c1-2-18-10-12(9-14(18)19)15(20)17-8-7-11-5-3-4-6-13(11)16/h3-6,12H,2,7-10H2,1H3,(H,17,20). The van der Waals surface area contributed by atoms with Crippen LogP contribution in [0, 0.1) is 11.7 Å². The van der Waals surface area contributed by atoms with E-state index < -0.39 is 0 Å². The minimum absolute atomic E-state index is 0.0294. The lowest BCUT2D eigenvalue weighted by Gasteiger charge is -2.13. The first kappa shape index (κ1) is 14.5. The van der Waals surface area contributed by atoms with E-state index in [1.54, 1.807) is 23.1 Å². The molecule has 1 unspecified atom stereocenters. The van der Waals surface area contributed by atoms with Crippen LogP contribution in [0.3, 0.4) is 0 Å². The average Bonchev–Trinajstić information content (AvgIpc) is 2.82. The molecule has 1 fully saturated rings. The van der Waals surface area contributed by atoms with E-state index in [2.05, 4.69) is 5.32 Å². The van der Waals surface area contributed by atoms with Crippen molar-refractivity contribution >= 4 is 11.8 Å². The van der Waals surface area contributed by atoms with Gasteiger partial charge in [0.1, 0.15) is 5.82 Å². The highest BCUT2D eigenvalue weighted by Gasteiger charge is 2.32. The Morgan fingerprint density at radius 3 is 2.85 bits per heavy atom. The van der Waals surface area contributed by atoms with Crippen LogP contribution in [0.1, 0.15) is 18.9 Å². The molecule has 1 aliphatic heterocycles. The zero-order chi connectivity index (χ0) is 14.5. The smallest absolute Gasteiger partial charge is 0.225 e. The molecular formula is C15H19FN2O2. The quantitative estimate of drug-likeness (QED) is 0.884. The number of rotatable bonds is 5. The number of benzene rings is 1. The Morgan fingerprint density at radius 2 is 2.20 bits per heavy atom. The second-order valence-electron chi connectivity index (χ2n) is 4.97. The molecule has 2 rings (SSSR count). The number of carbonyl (C=O) groups is 2. The highest BCUT2D eigenvalue weighted by atomic mass is 19.1. The summed E-state index contributed by atoms with van der Waals surface area (Å²) in [6.07, 6.45) is 0.732. The Balaban J connectivity index is 1.79. The van der Waals surface area contributed by atoms with Crippen molar-refractivity contribution in [2.45, 2.75) is 19.8 Å². The van der Waals surface area contributed by atoms with Crippen LogP contribution in [0.5, 0.6) is 0 Å². The van der Waals surface area contributed by atoms with Crippen molar-refractivity contribution in [3.63, 3.8) is 0 Å². The summed E-state index contributed by atoms with van der Waals surface area (Å²) < 4.78 is 13.4. The highest BCUT2D eigenvalue weighted by Crippen LogP contribution is 2.17. The second kappa shape index (κ2) is 6.50. The van der Waals surface area contributed by atoms with Gasteiger partial charge in [-0.3, -0.25) is 9.59 Å². The van der Waals surface area contributed by atoms with E-state index in [1.165, 1.54) is 6.07 Å². The van der Waals surface area contributed by atoms with E-state index in [1.807, 2.05) is 6.92 Å². The fourth-order valence-electron chi connectivity index (χ4n) is 2.42. The number of likely N-dealkylation sites (tertiary alicyclic amines) is 1. The van der Waals surface area contributed by atoms with Gasteiger partial charge in [-0.05, 0) is 25.0 Å². The van der Waals surface area contributed by atoms with Crippen molar-refractivity contribution in [3.05, 3.63) is 35.6 Å². The van der Waals surface area contributed by atoms with Crippen LogP contribution in [-0.2, 0) is 16.0 Å². The first-order valence-corrected chi connectivity index (χ1v) is 6.90. The predicted molar refractivity (Wildman–Crippen MR) is 73.5 cm³/mol. The lowest BCUT2D eigenvalue weighted by atomic mass is 10.1. The fraction of sp³-hybridized carbons (Fsp3) is 0.467. The Morgan fingerprint density at radius 1 is 1.45 bits per heavy atom. The summed E-state index contributed by atoms with van der Waals surface area (Å²) in [5, 5.41) is 2.78. The van der Waals surface area contributed by atoms with Crippen LogP contribution >= 0.6 is 0 Å². The summed E-state index contributed by atoms with van der Waals surface area (Å²) in [6, 6.07) is 6.53. The molecule has 1 aromatic carbocycles. The normalized spacial score (nSPS) is 18.4. The number of nitrogens with zero attached hydrogens (tertiary/aromatic N) is 1. The first-order chi connectivity index (χ1) is 9.61. The zero-order valence-corrected chi connectivity index (χ0v) is 11.6. The van der Waals surface area contributed by atoms with Crippen molar-refractivity contribution in [2.75, 3.05) is 19.6 Å². The van der Waals surface area contributed by atoms with Gasteiger partial charge in [-0.15, -0.1) is 0 Å². The molecule has 1 heterocycles. The lowest BCUT2D eigenvalue weighted by Crippen LogP contribution is -2.34. The summed E-state index contributed by atoms with van der Waals surface area (Å²) in [4.78, 5) is 25.2. The number of nitrogens with one attached hydrogen (secondary N) is 1. The van der Waals surface area contributed by atoms with Crippen molar-refractivity contribution in [3.8, 4) is 0 Å². The maximum absolute atomic E-state index is 13.4. The van der Waals surface area contributed by atoms with Gasteiger partial charge < -0.3 is 10.2 Å². The second-order valence-corrected chi connectivity index (χ2v) is 4.97. The van der Waals surface area contributed by atoms with Gasteiger partial charge in [0, 0.05) is 26.1 Å². The maximum Gasteiger partial charge on any atom is 0.225 e. The Bertz CT molecular complexity index is 504. The topological polar surface area (TPSA) is 49.4 Å². The molecule has 0 aliphatic carbocycles. The van der Waals surface area contributed by atoms with Gasteiger partial charge in [-0.25, -0.2) is 4.39 Å². The van der Waals surface area contributed by atoms with Crippen molar-refractivity contribution in [1.82, 2.24) is 10.2 Å². The predicted octanol–water partition coefficient (Wildman–Crippen LogP) is 1.35. The fourth-order valence-corrected chi connectivity index (χ4v) is 2.42. The van der Waals surface area contributed by atoms with Crippen LogP contribution in [0.4, 0.5) is 4.39 Å². The summed E-state index contributed by atoms with van der Waals surface area (Å²) in [6.45, 7) is 3.41. The SMILES string of the molecule is CCN1CC(C(=O)NCCc2ccccc2F)CC1=O.